The third-order valence-electron chi connectivity index (χ3n) is 5.52. The van der Waals surface area contributed by atoms with Crippen LogP contribution >= 0.6 is 0 Å². The number of hydrogen-bond donors (Lipinski definition) is 0. The van der Waals surface area contributed by atoms with Crippen LogP contribution in [0.2, 0.25) is 0 Å². The van der Waals surface area contributed by atoms with Gasteiger partial charge in [0, 0.05) is 37.1 Å². The first-order valence-corrected chi connectivity index (χ1v) is 10.1. The Morgan fingerprint density at radius 2 is 2.03 bits per heavy atom. The van der Waals surface area contributed by atoms with E-state index in [4.69, 9.17) is 4.74 Å². The average molecular weight is 386 g/mol. The molecule has 1 aliphatic carbocycles. The van der Waals surface area contributed by atoms with E-state index < -0.39 is 0 Å². The minimum Gasteiger partial charge on any atom is -0.426 e. The molecule has 0 N–H and O–H groups in total. The van der Waals surface area contributed by atoms with Gasteiger partial charge >= 0.3 is 5.97 Å². The molecule has 1 aliphatic rings. The standard InChI is InChI=1S/C25H26N2O2/c1-3-8-20-14-22(15-24-23(20)11-7-12-25(24)29-18(2)28)27-16-21(26-17-27)13-19-9-5-4-6-10-19/h3-12,16-17,20,22H,13-15H2,1-2H3. The number of nitrogens with zero attached hydrogens (tertiary/aromatic N) is 2. The molecule has 0 bridgehead atoms. The van der Waals surface area contributed by atoms with Crippen molar-refractivity contribution in [2.24, 2.45) is 0 Å². The van der Waals surface area contributed by atoms with E-state index in [9.17, 15) is 4.79 Å². The number of ether oxygens (including phenoxy) is 1. The zero-order valence-electron chi connectivity index (χ0n) is 16.9. The number of esters is 1. The Morgan fingerprint density at radius 1 is 1.21 bits per heavy atom. The maximum absolute atomic E-state index is 11.6. The van der Waals surface area contributed by atoms with Crippen molar-refractivity contribution in [3.8, 4) is 5.75 Å². The summed E-state index contributed by atoms with van der Waals surface area (Å²) in [5.41, 5.74) is 4.71. The van der Waals surface area contributed by atoms with Crippen LogP contribution in [0.4, 0.5) is 0 Å². The first-order chi connectivity index (χ1) is 14.1. The lowest BCUT2D eigenvalue weighted by Crippen LogP contribution is -2.21. The fourth-order valence-corrected chi connectivity index (χ4v) is 4.26. The second kappa shape index (κ2) is 8.48. The summed E-state index contributed by atoms with van der Waals surface area (Å²) in [4.78, 5) is 16.2. The average Bonchev–Trinajstić information content (AvgIpc) is 3.17. The number of fused-ring (bicyclic) bond motifs is 1. The number of hydrogen-bond acceptors (Lipinski definition) is 3. The highest BCUT2D eigenvalue weighted by molar-refractivity contribution is 5.70. The smallest absolute Gasteiger partial charge is 0.308 e. The van der Waals surface area contributed by atoms with Gasteiger partial charge in [-0.3, -0.25) is 4.79 Å². The van der Waals surface area contributed by atoms with E-state index in [0.29, 0.717) is 11.7 Å². The highest BCUT2D eigenvalue weighted by Gasteiger charge is 2.29. The third-order valence-corrected chi connectivity index (χ3v) is 5.52. The number of aromatic nitrogens is 2. The quantitative estimate of drug-likeness (QED) is 0.342. The Hall–Kier alpha value is -3.14. The summed E-state index contributed by atoms with van der Waals surface area (Å²) in [6.07, 6.45) is 11.1. The molecule has 4 rings (SSSR count). The molecule has 2 atom stereocenters. The van der Waals surface area contributed by atoms with E-state index in [0.717, 1.165) is 30.5 Å². The van der Waals surface area contributed by atoms with Gasteiger partial charge in [-0.05, 0) is 37.0 Å². The van der Waals surface area contributed by atoms with E-state index in [1.165, 1.54) is 18.1 Å². The van der Waals surface area contributed by atoms with Gasteiger partial charge in [0.15, 0.2) is 0 Å². The van der Waals surface area contributed by atoms with Gasteiger partial charge in [-0.25, -0.2) is 4.98 Å². The van der Waals surface area contributed by atoms with Gasteiger partial charge in [0.05, 0.1) is 12.0 Å². The van der Waals surface area contributed by atoms with Crippen molar-refractivity contribution >= 4 is 5.97 Å². The van der Waals surface area contributed by atoms with Crippen molar-refractivity contribution in [1.82, 2.24) is 9.55 Å². The van der Waals surface area contributed by atoms with Crippen LogP contribution in [0.5, 0.6) is 5.75 Å². The lowest BCUT2D eigenvalue weighted by Gasteiger charge is -2.32. The van der Waals surface area contributed by atoms with Gasteiger partial charge in [0.25, 0.3) is 0 Å². The molecule has 2 aromatic carbocycles. The van der Waals surface area contributed by atoms with Crippen LogP contribution in [-0.4, -0.2) is 15.5 Å². The normalized spacial score (nSPS) is 18.6. The predicted molar refractivity (Wildman–Crippen MR) is 114 cm³/mol. The van der Waals surface area contributed by atoms with Crippen LogP contribution < -0.4 is 4.74 Å². The van der Waals surface area contributed by atoms with Crippen molar-refractivity contribution < 1.29 is 9.53 Å². The van der Waals surface area contributed by atoms with Crippen LogP contribution in [0.15, 0.2) is 73.2 Å². The van der Waals surface area contributed by atoms with Gasteiger partial charge in [0.1, 0.15) is 5.75 Å². The highest BCUT2D eigenvalue weighted by atomic mass is 16.5. The maximum atomic E-state index is 11.6. The van der Waals surface area contributed by atoms with E-state index in [-0.39, 0.29) is 12.0 Å². The molecule has 1 heterocycles. The second-order valence-corrected chi connectivity index (χ2v) is 7.62. The maximum Gasteiger partial charge on any atom is 0.308 e. The summed E-state index contributed by atoms with van der Waals surface area (Å²) in [6, 6.07) is 16.7. The molecule has 29 heavy (non-hydrogen) atoms. The minimum absolute atomic E-state index is 0.275. The molecule has 3 aromatic rings. The van der Waals surface area contributed by atoms with Crippen molar-refractivity contribution in [2.75, 3.05) is 0 Å². The predicted octanol–water partition coefficient (Wildman–Crippen LogP) is 5.25. The zero-order valence-corrected chi connectivity index (χ0v) is 16.9. The van der Waals surface area contributed by atoms with E-state index >= 15 is 0 Å². The SMILES string of the molecule is CC=CC1CC(n2cnc(Cc3ccccc3)c2)Cc2c(OC(C)=O)cccc21. The Labute approximate surface area is 171 Å². The van der Waals surface area contributed by atoms with Gasteiger partial charge in [0.2, 0.25) is 0 Å². The van der Waals surface area contributed by atoms with Crippen LogP contribution in [0.3, 0.4) is 0 Å². The van der Waals surface area contributed by atoms with Crippen LogP contribution in [0, 0.1) is 0 Å². The fraction of sp³-hybridized carbons (Fsp3) is 0.280. The topological polar surface area (TPSA) is 44.1 Å². The summed E-state index contributed by atoms with van der Waals surface area (Å²) >= 11 is 0. The number of carbonyl (C=O) groups is 1. The summed E-state index contributed by atoms with van der Waals surface area (Å²) in [5, 5.41) is 0. The molecule has 4 nitrogen and oxygen atoms in total. The molecular weight excluding hydrogens is 360 g/mol. The van der Waals surface area contributed by atoms with Gasteiger partial charge in [-0.2, -0.15) is 0 Å². The van der Waals surface area contributed by atoms with Crippen molar-refractivity contribution in [3.63, 3.8) is 0 Å². The van der Waals surface area contributed by atoms with Crippen LogP contribution in [0.1, 0.15) is 54.6 Å². The Bertz CT molecular complexity index is 1020. The van der Waals surface area contributed by atoms with E-state index in [1.54, 1.807) is 0 Å². The molecular formula is C25H26N2O2. The Kier molecular flexibility index (Phi) is 5.61. The van der Waals surface area contributed by atoms with Crippen molar-refractivity contribution in [2.45, 2.75) is 45.1 Å². The first-order valence-electron chi connectivity index (χ1n) is 10.1. The molecule has 1 aromatic heterocycles. The largest absolute Gasteiger partial charge is 0.426 e. The summed E-state index contributed by atoms with van der Waals surface area (Å²) in [7, 11) is 0. The molecule has 4 heteroatoms. The Morgan fingerprint density at radius 3 is 2.79 bits per heavy atom. The number of imidazole rings is 1. The molecule has 0 aliphatic heterocycles. The van der Waals surface area contributed by atoms with Crippen molar-refractivity contribution in [1.29, 1.82) is 0 Å². The summed E-state index contributed by atoms with van der Waals surface area (Å²) in [5.74, 6) is 0.693. The minimum atomic E-state index is -0.282. The number of rotatable bonds is 5. The molecule has 0 radical (unpaired) electrons. The zero-order chi connectivity index (χ0) is 20.2. The fourth-order valence-electron chi connectivity index (χ4n) is 4.26. The van der Waals surface area contributed by atoms with Crippen molar-refractivity contribution in [3.05, 3.63) is 95.6 Å². The summed E-state index contributed by atoms with van der Waals surface area (Å²) < 4.78 is 7.74. The third kappa shape index (κ3) is 4.32. The van der Waals surface area contributed by atoms with Gasteiger partial charge in [-0.15, -0.1) is 0 Å². The lowest BCUT2D eigenvalue weighted by molar-refractivity contribution is -0.131. The second-order valence-electron chi connectivity index (χ2n) is 7.62. The van der Waals surface area contributed by atoms with Crippen LogP contribution in [-0.2, 0) is 17.6 Å². The van der Waals surface area contributed by atoms with E-state index in [1.807, 2.05) is 31.5 Å². The molecule has 0 amide bonds. The first kappa shape index (κ1) is 19.2. The molecule has 0 fully saturated rings. The monoisotopic (exact) mass is 386 g/mol. The number of carbonyl (C=O) groups excluding carboxylic acids is 1. The van der Waals surface area contributed by atoms with Gasteiger partial charge < -0.3 is 9.30 Å². The molecule has 2 unspecified atom stereocenters. The lowest BCUT2D eigenvalue weighted by atomic mass is 9.79. The molecule has 0 saturated carbocycles. The number of benzene rings is 2. The Balaban J connectivity index is 1.62. The van der Waals surface area contributed by atoms with Crippen LogP contribution in [0.25, 0.3) is 0 Å². The molecule has 0 saturated heterocycles. The highest BCUT2D eigenvalue weighted by Crippen LogP contribution is 2.42. The molecule has 148 valence electrons. The summed E-state index contributed by atoms with van der Waals surface area (Å²) in [6.45, 7) is 3.50. The number of allylic oxidation sites excluding steroid dienone is 2. The molecule has 0 spiro atoms. The van der Waals surface area contributed by atoms with E-state index in [2.05, 4.69) is 58.2 Å². The van der Waals surface area contributed by atoms with Gasteiger partial charge in [-0.1, -0.05) is 54.6 Å².